The summed E-state index contributed by atoms with van der Waals surface area (Å²) in [5.74, 6) is 3.05. The Hall–Kier alpha value is -0.870. The van der Waals surface area contributed by atoms with Crippen molar-refractivity contribution in [2.45, 2.75) is 77.1 Å². The van der Waals surface area contributed by atoms with Gasteiger partial charge in [0.2, 0.25) is 0 Å². The molecule has 1 aliphatic heterocycles. The average Bonchev–Trinajstić information content (AvgIpc) is 3.22. The summed E-state index contributed by atoms with van der Waals surface area (Å²) in [5, 5.41) is 0. The first-order valence-corrected chi connectivity index (χ1v) is 11.1. The lowest BCUT2D eigenvalue weighted by Crippen LogP contribution is -2.54. The number of carbonyl (C=O) groups is 1. The molecular weight excluding hydrogens is 340 g/mol. The smallest absolute Gasteiger partial charge is 0.302 e. The van der Waals surface area contributed by atoms with Gasteiger partial charge in [-0.1, -0.05) is 19.1 Å². The van der Waals surface area contributed by atoms with E-state index in [0.29, 0.717) is 11.8 Å². The van der Waals surface area contributed by atoms with E-state index in [9.17, 15) is 4.79 Å². The number of hydrogen-bond acceptors (Lipinski definition) is 4. The molecule has 0 aromatic carbocycles. The van der Waals surface area contributed by atoms with Gasteiger partial charge in [-0.2, -0.15) is 0 Å². The molecule has 7 atom stereocenters. The van der Waals surface area contributed by atoms with Crippen molar-refractivity contribution in [3.63, 3.8) is 0 Å². The maximum absolute atomic E-state index is 11.4. The third-order valence-corrected chi connectivity index (χ3v) is 9.05. The van der Waals surface area contributed by atoms with Crippen LogP contribution >= 0.6 is 0 Å². The van der Waals surface area contributed by atoms with E-state index in [1.165, 1.54) is 38.2 Å². The molecule has 0 unspecified atom stereocenters. The minimum Gasteiger partial charge on any atom is -0.463 e. The Morgan fingerprint density at radius 1 is 1.07 bits per heavy atom. The Morgan fingerprint density at radius 2 is 1.85 bits per heavy atom. The van der Waals surface area contributed by atoms with Gasteiger partial charge in [0.25, 0.3) is 0 Å². The van der Waals surface area contributed by atoms with E-state index in [-0.39, 0.29) is 23.3 Å². The maximum atomic E-state index is 11.4. The molecule has 4 aliphatic carbocycles. The van der Waals surface area contributed by atoms with Crippen LogP contribution in [0.15, 0.2) is 12.2 Å². The van der Waals surface area contributed by atoms with Crippen LogP contribution in [0.5, 0.6) is 0 Å². The molecule has 4 heteroatoms. The normalized spacial score (nSPS) is 48.0. The lowest BCUT2D eigenvalue weighted by atomic mass is 9.49. The molecule has 150 valence electrons. The Labute approximate surface area is 163 Å². The van der Waals surface area contributed by atoms with Gasteiger partial charge in [-0.3, -0.25) is 4.79 Å². The molecule has 0 bridgehead atoms. The first-order chi connectivity index (χ1) is 12.9. The number of fused-ring (bicyclic) bond motifs is 6. The van der Waals surface area contributed by atoms with Gasteiger partial charge in [0.05, 0.1) is 13.2 Å². The van der Waals surface area contributed by atoms with Gasteiger partial charge in [-0.25, -0.2) is 0 Å². The highest BCUT2D eigenvalue weighted by atomic mass is 16.7. The van der Waals surface area contributed by atoms with E-state index in [1.807, 2.05) is 0 Å². The minimum absolute atomic E-state index is 0.0981. The Bertz CT molecular complexity index is 636. The first kappa shape index (κ1) is 18.2. The second-order valence-corrected chi connectivity index (χ2v) is 10.1. The average molecular weight is 375 g/mol. The van der Waals surface area contributed by atoms with Gasteiger partial charge in [-0.05, 0) is 74.5 Å². The van der Waals surface area contributed by atoms with Gasteiger partial charge in [0.1, 0.15) is 6.10 Å². The van der Waals surface area contributed by atoms with E-state index >= 15 is 0 Å². The number of hydrogen-bond donors (Lipinski definition) is 0. The molecule has 0 radical (unpaired) electrons. The summed E-state index contributed by atoms with van der Waals surface area (Å²) in [6.07, 6.45) is 9.26. The van der Waals surface area contributed by atoms with E-state index in [4.69, 9.17) is 14.2 Å². The first-order valence-electron chi connectivity index (χ1n) is 11.1. The van der Waals surface area contributed by atoms with Crippen LogP contribution in [-0.4, -0.2) is 31.1 Å². The Morgan fingerprint density at radius 3 is 2.59 bits per heavy atom. The number of allylic oxidation sites excluding steroid dienone is 1. The van der Waals surface area contributed by atoms with E-state index in [1.54, 1.807) is 0 Å². The van der Waals surface area contributed by atoms with Crippen molar-refractivity contribution in [1.29, 1.82) is 0 Å². The molecular formula is C23H34O4. The summed E-state index contributed by atoms with van der Waals surface area (Å²) in [5.41, 5.74) is 1.57. The molecule has 1 saturated heterocycles. The van der Waals surface area contributed by atoms with Crippen molar-refractivity contribution in [3.8, 4) is 0 Å². The van der Waals surface area contributed by atoms with Crippen molar-refractivity contribution < 1.29 is 19.0 Å². The van der Waals surface area contributed by atoms with Crippen LogP contribution in [0.3, 0.4) is 0 Å². The zero-order chi connectivity index (χ0) is 18.8. The monoisotopic (exact) mass is 374 g/mol. The van der Waals surface area contributed by atoms with Crippen LogP contribution in [0, 0.1) is 35.0 Å². The van der Waals surface area contributed by atoms with Crippen LogP contribution < -0.4 is 0 Å². The third-order valence-electron chi connectivity index (χ3n) is 9.05. The lowest BCUT2D eigenvalue weighted by molar-refractivity contribution is -0.242. The van der Waals surface area contributed by atoms with Crippen molar-refractivity contribution in [3.05, 3.63) is 12.2 Å². The van der Waals surface area contributed by atoms with Gasteiger partial charge in [-0.15, -0.1) is 0 Å². The summed E-state index contributed by atoms with van der Waals surface area (Å²) in [7, 11) is 0. The van der Waals surface area contributed by atoms with Gasteiger partial charge < -0.3 is 14.2 Å². The van der Waals surface area contributed by atoms with E-state index in [0.717, 1.165) is 56.7 Å². The quantitative estimate of drug-likeness (QED) is 0.501. The minimum atomic E-state index is -0.312. The molecule has 1 spiro atoms. The Balaban J connectivity index is 1.37. The number of rotatable bonds is 1. The molecule has 0 aromatic heterocycles. The molecule has 27 heavy (non-hydrogen) atoms. The van der Waals surface area contributed by atoms with Crippen LogP contribution in [0.2, 0.25) is 0 Å². The number of esters is 1. The Kier molecular flexibility index (Phi) is 4.25. The number of ether oxygens (including phenoxy) is 3. The highest BCUT2D eigenvalue weighted by molar-refractivity contribution is 5.66. The molecule has 5 rings (SSSR count). The van der Waals surface area contributed by atoms with Crippen molar-refractivity contribution in [1.82, 2.24) is 0 Å². The van der Waals surface area contributed by atoms with Crippen LogP contribution in [0.25, 0.3) is 0 Å². The summed E-state index contributed by atoms with van der Waals surface area (Å²) in [6, 6.07) is 0. The largest absolute Gasteiger partial charge is 0.463 e. The molecule has 4 saturated carbocycles. The zero-order valence-corrected chi connectivity index (χ0v) is 16.9. The van der Waals surface area contributed by atoms with Crippen molar-refractivity contribution >= 4 is 5.97 Å². The lowest BCUT2D eigenvalue weighted by Gasteiger charge is -2.57. The summed E-state index contributed by atoms with van der Waals surface area (Å²) in [4.78, 5) is 11.4. The fourth-order valence-corrected chi connectivity index (χ4v) is 7.96. The van der Waals surface area contributed by atoms with Gasteiger partial charge in [0, 0.05) is 18.8 Å². The molecule has 5 aliphatic rings. The maximum Gasteiger partial charge on any atom is 0.302 e. The summed E-state index contributed by atoms with van der Waals surface area (Å²) >= 11 is 0. The van der Waals surface area contributed by atoms with Crippen LogP contribution in [0.4, 0.5) is 0 Å². The van der Waals surface area contributed by atoms with Crippen LogP contribution in [0.1, 0.15) is 65.2 Å². The molecule has 4 nitrogen and oxygen atoms in total. The summed E-state index contributed by atoms with van der Waals surface area (Å²) < 4.78 is 18.1. The van der Waals surface area contributed by atoms with Gasteiger partial charge in [0.15, 0.2) is 5.79 Å². The van der Waals surface area contributed by atoms with Crippen molar-refractivity contribution in [2.24, 2.45) is 35.0 Å². The standard InChI is InChI=1S/C23H34O4/c1-14-12-20-18(17-5-4-16(13-19(14)17)27-15(2)24)6-8-22(3)21(20)7-9-23(22)25-10-11-26-23/h16-21H,1,4-13H2,2-3H3/t16-,17+,18+,19+,20+,21-,22-/m0/s1. The number of carbonyl (C=O) groups excluding carboxylic acids is 1. The fourth-order valence-electron chi connectivity index (χ4n) is 7.96. The van der Waals surface area contributed by atoms with Crippen molar-refractivity contribution in [2.75, 3.05) is 13.2 Å². The highest BCUT2D eigenvalue weighted by Crippen LogP contribution is 2.67. The predicted octanol–water partition coefficient (Wildman–Crippen LogP) is 4.48. The molecule has 0 N–H and O–H groups in total. The second-order valence-electron chi connectivity index (χ2n) is 10.1. The highest BCUT2D eigenvalue weighted by Gasteiger charge is 2.66. The SMILES string of the molecule is C=C1C[C@@H]2[C@H](CC[C@@]3(C)[C@H]2CCC32OCCO2)[C@H]2CC[C@H](OC(C)=O)C[C@H]12. The summed E-state index contributed by atoms with van der Waals surface area (Å²) in [6.45, 7) is 10.0. The van der Waals surface area contributed by atoms with E-state index in [2.05, 4.69) is 13.5 Å². The van der Waals surface area contributed by atoms with Crippen LogP contribution in [-0.2, 0) is 19.0 Å². The molecule has 1 heterocycles. The molecule has 0 amide bonds. The van der Waals surface area contributed by atoms with Gasteiger partial charge >= 0.3 is 5.97 Å². The second kappa shape index (κ2) is 6.32. The van der Waals surface area contributed by atoms with E-state index < -0.39 is 0 Å². The predicted molar refractivity (Wildman–Crippen MR) is 102 cm³/mol. The molecule has 0 aromatic rings. The zero-order valence-electron chi connectivity index (χ0n) is 16.9. The topological polar surface area (TPSA) is 44.8 Å². The fraction of sp³-hybridized carbons (Fsp3) is 0.870. The third kappa shape index (κ3) is 2.58. The molecule has 5 fully saturated rings.